The number of benzene rings is 1. The smallest absolute Gasteiger partial charge is 0.0682 e. The fraction of sp³-hybridized carbons (Fsp3) is 0.619. The van der Waals surface area contributed by atoms with Gasteiger partial charge in [-0.15, -0.1) is 0 Å². The van der Waals surface area contributed by atoms with Crippen molar-refractivity contribution in [2.24, 2.45) is 11.8 Å². The SMILES string of the molecule is CCC1CC2CC(C1)c1[nH]c3ccc(CO)cc3c1CCN(C)C2. The Bertz CT molecular complexity index is 720. The number of aliphatic hydroxyl groups excluding tert-OH is 1. The lowest BCUT2D eigenvalue weighted by Crippen LogP contribution is -2.31. The van der Waals surface area contributed by atoms with Crippen LogP contribution in [-0.2, 0) is 13.0 Å². The summed E-state index contributed by atoms with van der Waals surface area (Å²) in [7, 11) is 2.28. The Labute approximate surface area is 145 Å². The van der Waals surface area contributed by atoms with E-state index >= 15 is 0 Å². The summed E-state index contributed by atoms with van der Waals surface area (Å²) in [6, 6.07) is 6.39. The lowest BCUT2D eigenvalue weighted by atomic mass is 9.72. The van der Waals surface area contributed by atoms with Gasteiger partial charge in [0, 0.05) is 29.7 Å². The van der Waals surface area contributed by atoms with Crippen molar-refractivity contribution in [2.45, 2.75) is 51.6 Å². The summed E-state index contributed by atoms with van der Waals surface area (Å²) < 4.78 is 0. The third-order valence-corrected chi connectivity index (χ3v) is 6.39. The van der Waals surface area contributed by atoms with Gasteiger partial charge in [-0.05, 0) is 73.7 Å². The molecule has 3 heteroatoms. The number of hydrogen-bond acceptors (Lipinski definition) is 2. The Balaban J connectivity index is 1.81. The molecule has 2 N–H and O–H groups in total. The van der Waals surface area contributed by atoms with Crippen molar-refractivity contribution in [3.05, 3.63) is 35.0 Å². The molecule has 1 aliphatic heterocycles. The second-order valence-electron chi connectivity index (χ2n) is 8.11. The average molecular weight is 326 g/mol. The first-order valence-electron chi connectivity index (χ1n) is 9.60. The van der Waals surface area contributed by atoms with Crippen molar-refractivity contribution in [3.8, 4) is 0 Å². The van der Waals surface area contributed by atoms with E-state index in [9.17, 15) is 5.11 Å². The summed E-state index contributed by atoms with van der Waals surface area (Å²) >= 11 is 0. The zero-order chi connectivity index (χ0) is 16.7. The quantitative estimate of drug-likeness (QED) is 0.873. The van der Waals surface area contributed by atoms with Crippen molar-refractivity contribution in [3.63, 3.8) is 0 Å². The highest BCUT2D eigenvalue weighted by Gasteiger charge is 2.33. The molecule has 2 aliphatic rings. The maximum Gasteiger partial charge on any atom is 0.0682 e. The van der Waals surface area contributed by atoms with Crippen molar-refractivity contribution < 1.29 is 5.11 Å². The van der Waals surface area contributed by atoms with E-state index in [0.717, 1.165) is 30.4 Å². The van der Waals surface area contributed by atoms with Crippen LogP contribution in [0.4, 0.5) is 0 Å². The van der Waals surface area contributed by atoms with Crippen LogP contribution in [0.15, 0.2) is 18.2 Å². The van der Waals surface area contributed by atoms with E-state index < -0.39 is 0 Å². The average Bonchev–Trinajstić information content (AvgIpc) is 2.97. The van der Waals surface area contributed by atoms with Crippen molar-refractivity contribution in [2.75, 3.05) is 20.1 Å². The van der Waals surface area contributed by atoms with E-state index in [-0.39, 0.29) is 6.61 Å². The predicted octanol–water partition coefficient (Wildman–Crippen LogP) is 4.06. The maximum absolute atomic E-state index is 9.52. The lowest BCUT2D eigenvalue weighted by molar-refractivity contribution is 0.182. The molecular formula is C21H30N2O. The Morgan fingerprint density at radius 2 is 2.12 bits per heavy atom. The molecule has 3 unspecified atom stereocenters. The first-order chi connectivity index (χ1) is 11.7. The molecule has 0 amide bonds. The van der Waals surface area contributed by atoms with Crippen LogP contribution in [-0.4, -0.2) is 35.1 Å². The van der Waals surface area contributed by atoms with Gasteiger partial charge in [0.25, 0.3) is 0 Å². The molecule has 4 rings (SSSR count). The Morgan fingerprint density at radius 1 is 1.25 bits per heavy atom. The van der Waals surface area contributed by atoms with E-state index in [1.807, 2.05) is 6.07 Å². The van der Waals surface area contributed by atoms with Crippen LogP contribution >= 0.6 is 0 Å². The molecule has 1 saturated carbocycles. The van der Waals surface area contributed by atoms with Gasteiger partial charge >= 0.3 is 0 Å². The minimum absolute atomic E-state index is 0.124. The number of fused-ring (bicyclic) bond motifs is 6. The molecule has 0 spiro atoms. The first kappa shape index (κ1) is 16.2. The number of aliphatic hydroxyl groups is 1. The van der Waals surface area contributed by atoms with Gasteiger partial charge in [-0.2, -0.15) is 0 Å². The van der Waals surface area contributed by atoms with E-state index in [4.69, 9.17) is 0 Å². The van der Waals surface area contributed by atoms with Crippen LogP contribution in [0.5, 0.6) is 0 Å². The number of H-pyrrole nitrogens is 1. The monoisotopic (exact) mass is 326 g/mol. The van der Waals surface area contributed by atoms with Crippen molar-refractivity contribution in [1.29, 1.82) is 0 Å². The van der Waals surface area contributed by atoms with Crippen LogP contribution < -0.4 is 0 Å². The van der Waals surface area contributed by atoms with Crippen LogP contribution in [0.1, 0.15) is 55.3 Å². The molecule has 2 heterocycles. The fourth-order valence-corrected chi connectivity index (χ4v) is 5.15. The summed E-state index contributed by atoms with van der Waals surface area (Å²) in [6.45, 7) is 4.85. The normalized spacial score (nSPS) is 28.2. The molecule has 3 nitrogen and oxygen atoms in total. The molecule has 1 aliphatic carbocycles. The summed E-state index contributed by atoms with van der Waals surface area (Å²) in [6.07, 6.45) is 6.49. The predicted molar refractivity (Wildman–Crippen MR) is 99.3 cm³/mol. The van der Waals surface area contributed by atoms with Crippen LogP contribution in [0.3, 0.4) is 0 Å². The summed E-state index contributed by atoms with van der Waals surface area (Å²) in [5.41, 5.74) is 5.27. The zero-order valence-electron chi connectivity index (χ0n) is 15.0. The minimum Gasteiger partial charge on any atom is -0.392 e. The summed E-state index contributed by atoms with van der Waals surface area (Å²) in [5, 5.41) is 10.9. The standard InChI is InChI=1S/C21H30N2O/c1-3-14-8-16-10-17(9-14)21-18(6-7-23(2)12-16)19-11-15(13-24)4-5-20(19)22-21/h4-5,11,14,16-17,22,24H,3,6-10,12-13H2,1-2H3. The molecule has 0 saturated heterocycles. The van der Waals surface area contributed by atoms with Gasteiger partial charge in [-0.3, -0.25) is 0 Å². The second-order valence-corrected chi connectivity index (χ2v) is 8.11. The highest BCUT2D eigenvalue weighted by atomic mass is 16.3. The molecule has 1 fully saturated rings. The summed E-state index contributed by atoms with van der Waals surface area (Å²) in [4.78, 5) is 6.31. The molecule has 0 radical (unpaired) electrons. The van der Waals surface area contributed by atoms with Gasteiger partial charge in [0.15, 0.2) is 0 Å². The fourth-order valence-electron chi connectivity index (χ4n) is 5.15. The number of rotatable bonds is 2. The molecule has 3 atom stereocenters. The number of nitrogens with zero attached hydrogens (tertiary/aromatic N) is 1. The van der Waals surface area contributed by atoms with Crippen LogP contribution in [0.2, 0.25) is 0 Å². The molecular weight excluding hydrogens is 296 g/mol. The van der Waals surface area contributed by atoms with Gasteiger partial charge < -0.3 is 15.0 Å². The maximum atomic E-state index is 9.52. The van der Waals surface area contributed by atoms with Crippen LogP contribution in [0.25, 0.3) is 10.9 Å². The molecule has 24 heavy (non-hydrogen) atoms. The van der Waals surface area contributed by atoms with Gasteiger partial charge in [0.05, 0.1) is 6.61 Å². The van der Waals surface area contributed by atoms with Gasteiger partial charge in [-0.1, -0.05) is 19.4 Å². The number of likely N-dealkylation sites (N-methyl/N-ethyl adjacent to an activating group) is 1. The van der Waals surface area contributed by atoms with E-state index in [0.29, 0.717) is 5.92 Å². The number of aromatic amines is 1. The Morgan fingerprint density at radius 3 is 2.92 bits per heavy atom. The third-order valence-electron chi connectivity index (χ3n) is 6.39. The van der Waals surface area contributed by atoms with Crippen LogP contribution in [0, 0.1) is 11.8 Å². The van der Waals surface area contributed by atoms with Crippen molar-refractivity contribution >= 4 is 10.9 Å². The largest absolute Gasteiger partial charge is 0.392 e. The van der Waals surface area contributed by atoms with E-state index in [1.54, 1.807) is 0 Å². The molecule has 1 aromatic carbocycles. The highest BCUT2D eigenvalue weighted by molar-refractivity contribution is 5.85. The van der Waals surface area contributed by atoms with Gasteiger partial charge in [0.1, 0.15) is 0 Å². The number of nitrogens with one attached hydrogen (secondary N) is 1. The number of hydrogen-bond donors (Lipinski definition) is 2. The molecule has 2 bridgehead atoms. The molecule has 1 aromatic heterocycles. The van der Waals surface area contributed by atoms with Crippen molar-refractivity contribution in [1.82, 2.24) is 9.88 Å². The first-order valence-corrected chi connectivity index (χ1v) is 9.60. The molecule has 2 aromatic rings. The Kier molecular flexibility index (Phi) is 4.40. The van der Waals surface area contributed by atoms with E-state index in [2.05, 4.69) is 36.0 Å². The van der Waals surface area contributed by atoms with E-state index in [1.165, 1.54) is 54.4 Å². The highest BCUT2D eigenvalue weighted by Crippen LogP contribution is 2.44. The molecule has 130 valence electrons. The topological polar surface area (TPSA) is 39.3 Å². The van der Waals surface area contributed by atoms with Gasteiger partial charge in [-0.25, -0.2) is 0 Å². The number of aromatic nitrogens is 1. The minimum atomic E-state index is 0.124. The summed E-state index contributed by atoms with van der Waals surface area (Å²) in [5.74, 6) is 2.39. The lowest BCUT2D eigenvalue weighted by Gasteiger charge is -2.35. The van der Waals surface area contributed by atoms with Gasteiger partial charge in [0.2, 0.25) is 0 Å². The Hall–Kier alpha value is -1.32. The third kappa shape index (κ3) is 2.89. The second kappa shape index (κ2) is 6.53. The zero-order valence-corrected chi connectivity index (χ0v) is 15.0.